The third-order valence-electron chi connectivity index (χ3n) is 3.64. The van der Waals surface area contributed by atoms with Crippen molar-refractivity contribution in [3.63, 3.8) is 0 Å². The zero-order valence-corrected chi connectivity index (χ0v) is 17.2. The van der Waals surface area contributed by atoms with Crippen LogP contribution in [0.2, 0.25) is 0 Å². The summed E-state index contributed by atoms with van der Waals surface area (Å²) in [6.07, 6.45) is 5.89. The number of rotatable bonds is 9. The highest BCUT2D eigenvalue weighted by molar-refractivity contribution is 7.88. The summed E-state index contributed by atoms with van der Waals surface area (Å²) in [5, 5.41) is 2.99. The Hall–Kier alpha value is -2.46. The quantitative estimate of drug-likeness (QED) is 0.630. The fraction of sp³-hybridized carbons (Fsp3) is 0.471. The Morgan fingerprint density at radius 2 is 1.89 bits per heavy atom. The van der Waals surface area contributed by atoms with Gasteiger partial charge in [-0.25, -0.2) is 12.7 Å². The maximum atomic E-state index is 12.2. The molecule has 0 aliphatic carbocycles. The molecule has 27 heavy (non-hydrogen) atoms. The normalized spacial score (nSPS) is 11.4. The van der Waals surface area contributed by atoms with Crippen molar-refractivity contribution in [2.75, 3.05) is 40.5 Å². The average molecular weight is 398 g/mol. The largest absolute Gasteiger partial charge is 0.382 e. The maximum absolute atomic E-state index is 12.2. The van der Waals surface area contributed by atoms with Crippen LogP contribution in [0.1, 0.15) is 23.0 Å². The molecule has 0 atom stereocenters. The van der Waals surface area contributed by atoms with Gasteiger partial charge >= 0.3 is 0 Å². The first-order valence-electron chi connectivity index (χ1n) is 8.34. The van der Waals surface area contributed by atoms with Crippen molar-refractivity contribution >= 4 is 21.8 Å². The summed E-state index contributed by atoms with van der Waals surface area (Å²) in [7, 11) is 1.31. The van der Waals surface area contributed by atoms with E-state index in [4.69, 9.17) is 0 Å². The minimum Gasteiger partial charge on any atom is -0.382 e. The van der Waals surface area contributed by atoms with Crippen molar-refractivity contribution in [1.82, 2.24) is 24.4 Å². The molecule has 9 nitrogen and oxygen atoms in total. The number of aromatic nitrogens is 1. The third-order valence-corrected chi connectivity index (χ3v) is 4.80. The van der Waals surface area contributed by atoms with Gasteiger partial charge in [-0.1, -0.05) is 0 Å². The molecule has 0 aliphatic heterocycles. The molecule has 0 saturated carbocycles. The lowest BCUT2D eigenvalue weighted by molar-refractivity contribution is -0.127. The van der Waals surface area contributed by atoms with Crippen LogP contribution in [0, 0.1) is 0 Å². The summed E-state index contributed by atoms with van der Waals surface area (Å²) in [5.74, 6) is -0.733. The highest BCUT2D eigenvalue weighted by Gasteiger charge is 2.20. The van der Waals surface area contributed by atoms with Gasteiger partial charge in [-0.2, -0.15) is 0 Å². The van der Waals surface area contributed by atoms with Gasteiger partial charge in [-0.15, -0.1) is 0 Å². The Bertz CT molecular complexity index is 792. The highest BCUT2D eigenvalue weighted by atomic mass is 32.2. The van der Waals surface area contributed by atoms with Crippen LogP contribution in [-0.4, -0.2) is 79.8 Å². The Labute approximate surface area is 160 Å². The molecule has 1 aromatic rings. The number of carbonyl (C=O) groups excluding carboxylic acids is 2. The minimum absolute atomic E-state index is 0.0976. The molecule has 0 saturated heterocycles. The van der Waals surface area contributed by atoms with Gasteiger partial charge in [-0.3, -0.25) is 14.6 Å². The van der Waals surface area contributed by atoms with Crippen LogP contribution in [0.5, 0.6) is 0 Å². The lowest BCUT2D eigenvalue weighted by Gasteiger charge is -2.18. The third kappa shape index (κ3) is 7.35. The van der Waals surface area contributed by atoms with Gasteiger partial charge in [0.05, 0.1) is 18.5 Å². The van der Waals surface area contributed by atoms with E-state index in [1.54, 1.807) is 17.3 Å². The van der Waals surface area contributed by atoms with Gasteiger partial charge in [0.15, 0.2) is 0 Å². The molecule has 10 heteroatoms. The second-order valence-electron chi connectivity index (χ2n) is 6.12. The number of sulfonamides is 1. The number of amides is 2. The summed E-state index contributed by atoms with van der Waals surface area (Å²) in [6, 6.07) is 2.95. The highest BCUT2D eigenvalue weighted by Crippen LogP contribution is 2.08. The van der Waals surface area contributed by atoms with E-state index in [9.17, 15) is 18.0 Å². The number of pyridine rings is 1. The van der Waals surface area contributed by atoms with E-state index < -0.39 is 15.9 Å². The van der Waals surface area contributed by atoms with Crippen LogP contribution in [0.25, 0.3) is 0 Å². The molecule has 2 amide bonds. The first kappa shape index (κ1) is 22.6. The molecule has 1 aromatic heterocycles. The molecular formula is C17H27N5O4S. The van der Waals surface area contributed by atoms with E-state index >= 15 is 0 Å². The van der Waals surface area contributed by atoms with Crippen LogP contribution in [0.4, 0.5) is 0 Å². The number of nitrogens with one attached hydrogen (secondary N) is 1. The number of likely N-dealkylation sites (N-methyl/N-ethyl adjacent to an activating group) is 1. The van der Waals surface area contributed by atoms with Crippen LogP contribution in [0.15, 0.2) is 30.7 Å². The Balaban J connectivity index is 2.68. The maximum Gasteiger partial charge on any atom is 0.267 e. The van der Waals surface area contributed by atoms with Gasteiger partial charge < -0.3 is 15.1 Å². The minimum atomic E-state index is -3.63. The SMILES string of the molecule is CCN(/C=C/N(C)C)C(=O)CNCc1cc(C(=O)N(C)S(C)(=O)=O)ccn1. The second kappa shape index (κ2) is 10.0. The fourth-order valence-electron chi connectivity index (χ4n) is 2.02. The number of hydrogen-bond acceptors (Lipinski definition) is 7. The van der Waals surface area contributed by atoms with Gasteiger partial charge in [0.25, 0.3) is 5.91 Å². The van der Waals surface area contributed by atoms with E-state index in [-0.39, 0.29) is 24.6 Å². The van der Waals surface area contributed by atoms with Gasteiger partial charge in [0.2, 0.25) is 15.9 Å². The summed E-state index contributed by atoms with van der Waals surface area (Å²) in [6.45, 7) is 2.80. The Morgan fingerprint density at radius 3 is 2.44 bits per heavy atom. The number of hydrogen-bond donors (Lipinski definition) is 1. The van der Waals surface area contributed by atoms with Crippen molar-refractivity contribution in [1.29, 1.82) is 0 Å². The van der Waals surface area contributed by atoms with Gasteiger partial charge in [-0.05, 0) is 19.1 Å². The van der Waals surface area contributed by atoms with E-state index in [0.29, 0.717) is 16.5 Å². The molecular weight excluding hydrogens is 370 g/mol. The van der Waals surface area contributed by atoms with Crippen LogP contribution < -0.4 is 5.32 Å². The molecule has 0 fully saturated rings. The Kier molecular flexibility index (Phi) is 8.38. The lowest BCUT2D eigenvalue weighted by atomic mass is 10.2. The number of carbonyl (C=O) groups is 2. The van der Waals surface area contributed by atoms with E-state index in [1.165, 1.54) is 25.4 Å². The van der Waals surface area contributed by atoms with Crippen LogP contribution in [-0.2, 0) is 21.4 Å². The fourth-order valence-corrected chi connectivity index (χ4v) is 2.42. The number of nitrogens with zero attached hydrogens (tertiary/aromatic N) is 4. The molecule has 0 unspecified atom stereocenters. The molecule has 150 valence electrons. The lowest BCUT2D eigenvalue weighted by Crippen LogP contribution is -2.35. The monoisotopic (exact) mass is 397 g/mol. The zero-order valence-electron chi connectivity index (χ0n) is 16.3. The first-order valence-corrected chi connectivity index (χ1v) is 10.2. The van der Waals surface area contributed by atoms with Crippen molar-refractivity contribution in [3.05, 3.63) is 42.0 Å². The van der Waals surface area contributed by atoms with Crippen LogP contribution in [0.3, 0.4) is 0 Å². The second-order valence-corrected chi connectivity index (χ2v) is 8.13. The van der Waals surface area contributed by atoms with Crippen LogP contribution >= 0.6 is 0 Å². The van der Waals surface area contributed by atoms with Crippen molar-refractivity contribution in [2.45, 2.75) is 13.5 Å². The van der Waals surface area contributed by atoms with Gasteiger partial charge in [0.1, 0.15) is 0 Å². The first-order chi connectivity index (χ1) is 12.6. The average Bonchev–Trinajstić information content (AvgIpc) is 2.60. The van der Waals surface area contributed by atoms with Crippen molar-refractivity contribution in [2.24, 2.45) is 0 Å². The Morgan fingerprint density at radius 1 is 1.22 bits per heavy atom. The zero-order chi connectivity index (χ0) is 20.6. The van der Waals surface area contributed by atoms with Crippen molar-refractivity contribution in [3.8, 4) is 0 Å². The molecule has 1 heterocycles. The molecule has 1 N–H and O–H groups in total. The predicted molar refractivity (Wildman–Crippen MR) is 103 cm³/mol. The van der Waals surface area contributed by atoms with E-state index in [1.807, 2.05) is 25.9 Å². The predicted octanol–water partition coefficient (Wildman–Crippen LogP) is 0.0841. The summed E-state index contributed by atoms with van der Waals surface area (Å²) >= 11 is 0. The topological polar surface area (TPSA) is 103 Å². The van der Waals surface area contributed by atoms with Gasteiger partial charge in [0, 0.05) is 58.4 Å². The summed E-state index contributed by atoms with van der Waals surface area (Å²) in [5.41, 5.74) is 0.743. The molecule has 0 spiro atoms. The smallest absolute Gasteiger partial charge is 0.267 e. The summed E-state index contributed by atoms with van der Waals surface area (Å²) < 4.78 is 23.7. The molecule has 0 aromatic carbocycles. The molecule has 0 bridgehead atoms. The molecule has 0 radical (unpaired) electrons. The van der Waals surface area contributed by atoms with E-state index in [0.717, 1.165) is 6.26 Å². The summed E-state index contributed by atoms with van der Waals surface area (Å²) in [4.78, 5) is 32.0. The molecule has 0 aliphatic rings. The molecule has 1 rings (SSSR count). The standard InChI is InChI=1S/C17H27N5O4S/c1-6-22(10-9-20(2)3)16(23)13-18-12-15-11-14(7-8-19-15)17(24)21(4)27(5,25)26/h7-11,18H,6,12-13H2,1-5H3/b10-9+. The van der Waals surface area contributed by atoms with Crippen molar-refractivity contribution < 1.29 is 18.0 Å². The van der Waals surface area contributed by atoms with E-state index in [2.05, 4.69) is 10.3 Å².